The number of primary sulfonamides is 1. The Hall–Kier alpha value is -2.26. The maximum atomic E-state index is 13.7. The molecular weight excluding hydrogens is 461 g/mol. The molecule has 0 radical (unpaired) electrons. The standard InChI is InChI=1S/C20H25F3N6O3S/c21-20(22,23)15-5-6-16(17(18(15)33(24,31)32)19-25-27-28-26-19)29-9-7-14(8-10-29)13-3-1-12(11-30)2-4-13/h1-6,14,19,25-28,30H,7-11H2,(H2,24,31,32). The highest BCUT2D eigenvalue weighted by Crippen LogP contribution is 2.42. The Kier molecular flexibility index (Phi) is 6.64. The molecule has 2 fully saturated rings. The van der Waals surface area contributed by atoms with E-state index in [0.29, 0.717) is 18.8 Å². The highest BCUT2D eigenvalue weighted by Gasteiger charge is 2.41. The fraction of sp³-hybridized carbons (Fsp3) is 0.400. The molecule has 0 aromatic heterocycles. The number of nitrogens with one attached hydrogen (secondary N) is 4. The largest absolute Gasteiger partial charge is 0.417 e. The summed E-state index contributed by atoms with van der Waals surface area (Å²) in [7, 11) is -4.71. The molecule has 0 aliphatic carbocycles. The van der Waals surface area contributed by atoms with E-state index >= 15 is 0 Å². The molecule has 9 nitrogen and oxygen atoms in total. The number of hydrogen-bond acceptors (Lipinski definition) is 8. The lowest BCUT2D eigenvalue weighted by atomic mass is 9.88. The zero-order valence-corrected chi connectivity index (χ0v) is 18.3. The molecular formula is C20H25F3N6O3S. The van der Waals surface area contributed by atoms with Crippen LogP contribution in [-0.2, 0) is 22.8 Å². The monoisotopic (exact) mass is 486 g/mol. The molecule has 0 bridgehead atoms. The van der Waals surface area contributed by atoms with E-state index < -0.39 is 32.8 Å². The van der Waals surface area contributed by atoms with E-state index in [1.165, 1.54) is 6.07 Å². The molecule has 2 saturated heterocycles. The van der Waals surface area contributed by atoms with Crippen LogP contribution in [0.4, 0.5) is 18.9 Å². The Bertz CT molecular complexity index is 1100. The summed E-state index contributed by atoms with van der Waals surface area (Å²) >= 11 is 0. The molecule has 2 aliphatic rings. The van der Waals surface area contributed by atoms with Crippen LogP contribution in [0.5, 0.6) is 0 Å². The maximum absolute atomic E-state index is 13.7. The number of rotatable bonds is 5. The second-order valence-electron chi connectivity index (χ2n) is 8.05. The predicted molar refractivity (Wildman–Crippen MR) is 115 cm³/mol. The van der Waals surface area contributed by atoms with Crippen molar-refractivity contribution in [3.05, 3.63) is 58.7 Å². The lowest BCUT2D eigenvalue weighted by molar-refractivity contribution is -0.140. The van der Waals surface area contributed by atoms with Gasteiger partial charge < -0.3 is 10.0 Å². The van der Waals surface area contributed by atoms with Crippen molar-refractivity contribution in [2.75, 3.05) is 18.0 Å². The first-order valence-electron chi connectivity index (χ1n) is 10.3. The zero-order valence-electron chi connectivity index (χ0n) is 17.5. The predicted octanol–water partition coefficient (Wildman–Crippen LogP) is 1.34. The zero-order chi connectivity index (χ0) is 23.8. The van der Waals surface area contributed by atoms with Crippen LogP contribution in [0.3, 0.4) is 0 Å². The van der Waals surface area contributed by atoms with Crippen LogP contribution in [0.15, 0.2) is 41.3 Å². The van der Waals surface area contributed by atoms with E-state index in [-0.39, 0.29) is 18.1 Å². The number of benzene rings is 2. The first-order chi connectivity index (χ1) is 15.6. The van der Waals surface area contributed by atoms with Gasteiger partial charge in [0.05, 0.1) is 12.2 Å². The smallest absolute Gasteiger partial charge is 0.392 e. The van der Waals surface area contributed by atoms with E-state index in [1.54, 1.807) is 0 Å². The maximum Gasteiger partial charge on any atom is 0.417 e. The van der Waals surface area contributed by atoms with Gasteiger partial charge in [0.1, 0.15) is 11.1 Å². The number of alkyl halides is 3. The number of nitrogens with zero attached hydrogens (tertiary/aromatic N) is 1. The van der Waals surface area contributed by atoms with Crippen molar-refractivity contribution in [2.45, 2.75) is 42.6 Å². The van der Waals surface area contributed by atoms with Crippen molar-refractivity contribution >= 4 is 15.7 Å². The fourth-order valence-electron chi connectivity index (χ4n) is 4.42. The van der Waals surface area contributed by atoms with Crippen LogP contribution in [0, 0.1) is 0 Å². The Labute approximate surface area is 189 Å². The van der Waals surface area contributed by atoms with Gasteiger partial charge in [-0.05, 0) is 42.0 Å². The normalized spacial score (nSPS) is 18.8. The molecule has 0 amide bonds. The molecule has 33 heavy (non-hydrogen) atoms. The fourth-order valence-corrected chi connectivity index (χ4v) is 5.44. The molecule has 180 valence electrons. The van der Waals surface area contributed by atoms with Crippen LogP contribution in [-0.4, -0.2) is 26.6 Å². The number of hydrogen-bond donors (Lipinski definition) is 6. The van der Waals surface area contributed by atoms with Gasteiger partial charge in [-0.2, -0.15) is 24.2 Å². The van der Waals surface area contributed by atoms with Gasteiger partial charge in [-0.3, -0.25) is 0 Å². The van der Waals surface area contributed by atoms with Gasteiger partial charge in [-0.15, -0.1) is 0 Å². The van der Waals surface area contributed by atoms with E-state index in [1.807, 2.05) is 29.2 Å². The summed E-state index contributed by atoms with van der Waals surface area (Å²) in [5.41, 5.74) is 11.3. The molecule has 0 unspecified atom stereocenters. The molecule has 0 atom stereocenters. The van der Waals surface area contributed by atoms with E-state index in [2.05, 4.69) is 21.9 Å². The highest BCUT2D eigenvalue weighted by molar-refractivity contribution is 7.89. The molecule has 0 spiro atoms. The first-order valence-corrected chi connectivity index (χ1v) is 11.9. The summed E-state index contributed by atoms with van der Waals surface area (Å²) in [6, 6.07) is 9.74. The molecule has 13 heteroatoms. The summed E-state index contributed by atoms with van der Waals surface area (Å²) < 4.78 is 65.8. The van der Waals surface area contributed by atoms with Crippen molar-refractivity contribution in [1.82, 2.24) is 21.9 Å². The quantitative estimate of drug-likeness (QED) is 0.373. The van der Waals surface area contributed by atoms with Crippen molar-refractivity contribution in [3.63, 3.8) is 0 Å². The minimum atomic E-state index is -4.90. The first kappa shape index (κ1) is 23.9. The molecule has 0 saturated carbocycles. The molecule has 2 aromatic rings. The number of anilines is 1. The average molecular weight is 487 g/mol. The highest BCUT2D eigenvalue weighted by atomic mass is 32.2. The van der Waals surface area contributed by atoms with Crippen molar-refractivity contribution in [3.8, 4) is 0 Å². The number of halogens is 3. The number of nitrogens with two attached hydrogens (primary N) is 1. The second kappa shape index (κ2) is 9.18. The summed E-state index contributed by atoms with van der Waals surface area (Å²) in [6.07, 6.45) is -4.42. The van der Waals surface area contributed by atoms with E-state index in [4.69, 9.17) is 5.14 Å². The van der Waals surface area contributed by atoms with Crippen LogP contribution in [0.2, 0.25) is 0 Å². The SMILES string of the molecule is NS(=O)(=O)c1c(C(F)(F)F)ccc(N2CCC(c3ccc(CO)cc3)CC2)c1C1NNNN1. The number of piperidine rings is 1. The summed E-state index contributed by atoms with van der Waals surface area (Å²) in [5.74, 6) is 0.246. The molecule has 4 rings (SSSR count). The summed E-state index contributed by atoms with van der Waals surface area (Å²) in [5, 5.41) is 14.5. The Balaban J connectivity index is 1.69. The Morgan fingerprint density at radius 3 is 2.15 bits per heavy atom. The Morgan fingerprint density at radius 1 is 1.03 bits per heavy atom. The minimum absolute atomic E-state index is 0.0330. The van der Waals surface area contributed by atoms with Crippen molar-refractivity contribution in [1.29, 1.82) is 0 Å². The van der Waals surface area contributed by atoms with Crippen molar-refractivity contribution in [2.24, 2.45) is 5.14 Å². The van der Waals surface area contributed by atoms with Crippen LogP contribution < -0.4 is 32.0 Å². The minimum Gasteiger partial charge on any atom is -0.392 e. The molecule has 2 aromatic carbocycles. The van der Waals surface area contributed by atoms with E-state index in [0.717, 1.165) is 30.0 Å². The number of hydrazine groups is 3. The van der Waals surface area contributed by atoms with Gasteiger partial charge in [-0.25, -0.2) is 24.4 Å². The number of aliphatic hydroxyl groups excluding tert-OH is 1. The lowest BCUT2D eigenvalue weighted by Gasteiger charge is -2.36. The molecule has 7 N–H and O–H groups in total. The third-order valence-corrected chi connectivity index (χ3v) is 7.03. The summed E-state index contributed by atoms with van der Waals surface area (Å²) in [4.78, 5) is 0.925. The number of sulfonamides is 1. The van der Waals surface area contributed by atoms with Gasteiger partial charge in [-0.1, -0.05) is 24.3 Å². The Morgan fingerprint density at radius 2 is 1.64 bits per heavy atom. The molecule has 2 aliphatic heterocycles. The topological polar surface area (TPSA) is 132 Å². The third-order valence-electron chi connectivity index (χ3n) is 6.02. The van der Waals surface area contributed by atoms with Crippen LogP contribution in [0.1, 0.15) is 47.2 Å². The number of aliphatic hydroxyl groups is 1. The van der Waals surface area contributed by atoms with Gasteiger partial charge in [0.2, 0.25) is 10.0 Å². The molecule has 2 heterocycles. The summed E-state index contributed by atoms with van der Waals surface area (Å²) in [6.45, 7) is 1.000. The van der Waals surface area contributed by atoms with Crippen molar-refractivity contribution < 1.29 is 26.7 Å². The van der Waals surface area contributed by atoms with Crippen LogP contribution >= 0.6 is 0 Å². The van der Waals surface area contributed by atoms with Gasteiger partial charge in [0.15, 0.2) is 0 Å². The van der Waals surface area contributed by atoms with Gasteiger partial charge in [0, 0.05) is 24.3 Å². The second-order valence-corrected chi connectivity index (χ2v) is 9.55. The third kappa shape index (κ3) is 4.99. The van der Waals surface area contributed by atoms with E-state index in [9.17, 15) is 26.7 Å². The van der Waals surface area contributed by atoms with Crippen LogP contribution in [0.25, 0.3) is 0 Å². The van der Waals surface area contributed by atoms with Gasteiger partial charge in [0.25, 0.3) is 0 Å². The average Bonchev–Trinajstić information content (AvgIpc) is 3.32. The van der Waals surface area contributed by atoms with Gasteiger partial charge >= 0.3 is 6.18 Å². The lowest BCUT2D eigenvalue weighted by Crippen LogP contribution is -2.37.